The van der Waals surface area contributed by atoms with Crippen LogP contribution in [0, 0.1) is 16.7 Å². The molecule has 1 heterocycles. The van der Waals surface area contributed by atoms with E-state index in [4.69, 9.17) is 5.26 Å². The summed E-state index contributed by atoms with van der Waals surface area (Å²) < 4.78 is 40.2. The smallest absolute Gasteiger partial charge is 0.287 e. The Hall–Kier alpha value is -2.07. The van der Waals surface area contributed by atoms with Gasteiger partial charge in [-0.1, -0.05) is 12.1 Å². The molecule has 1 aliphatic rings. The van der Waals surface area contributed by atoms with Crippen molar-refractivity contribution in [1.29, 1.82) is 5.26 Å². The molecule has 1 aromatic carbocycles. The third-order valence-corrected chi connectivity index (χ3v) is 3.38. The van der Waals surface area contributed by atoms with Gasteiger partial charge in [-0.25, -0.2) is 5.01 Å². The number of nitrogens with zero attached hydrogens (tertiary/aromatic N) is 2. The Bertz CT molecular complexity index is 604. The Morgan fingerprint density at radius 2 is 2.10 bits per heavy atom. The summed E-state index contributed by atoms with van der Waals surface area (Å²) in [6.45, 7) is 3.11. The number of nitriles is 1. The number of hydrogen-bond donors (Lipinski definition) is 1. The predicted octanol–water partition coefficient (Wildman–Crippen LogP) is 2.53. The summed E-state index contributed by atoms with van der Waals surface area (Å²) in [5.74, 6) is -0.451. The fourth-order valence-corrected chi connectivity index (χ4v) is 2.30. The number of amides is 1. The molecule has 0 bridgehead atoms. The van der Waals surface area contributed by atoms with Crippen molar-refractivity contribution >= 4 is 5.91 Å². The van der Waals surface area contributed by atoms with E-state index in [0.29, 0.717) is 0 Å². The first kappa shape index (κ1) is 15.3. The maximum absolute atomic E-state index is 13.4. The van der Waals surface area contributed by atoms with Gasteiger partial charge in [-0.2, -0.15) is 18.4 Å². The monoisotopic (exact) mass is 297 g/mol. The number of halogens is 3. The molecule has 0 radical (unpaired) electrons. The highest BCUT2D eigenvalue weighted by atomic mass is 19.4. The van der Waals surface area contributed by atoms with Gasteiger partial charge >= 0.3 is 6.18 Å². The molecule has 1 N–H and O–H groups in total. The summed E-state index contributed by atoms with van der Waals surface area (Å²) in [5.41, 5.74) is 1.46. The van der Waals surface area contributed by atoms with Gasteiger partial charge in [-0.05, 0) is 31.5 Å². The molecule has 0 aromatic heterocycles. The fraction of sp³-hybridized carbons (Fsp3) is 0.429. The Morgan fingerprint density at radius 1 is 1.43 bits per heavy atom. The molecule has 1 unspecified atom stereocenters. The molecule has 112 valence electrons. The Balaban J connectivity index is 2.41. The summed E-state index contributed by atoms with van der Waals surface area (Å²) in [7, 11) is 0. The number of carbonyl (C=O) groups is 1. The molecule has 21 heavy (non-hydrogen) atoms. The van der Waals surface area contributed by atoms with Crippen LogP contribution in [0.2, 0.25) is 0 Å². The van der Waals surface area contributed by atoms with Crippen LogP contribution in [0.15, 0.2) is 24.3 Å². The van der Waals surface area contributed by atoms with Gasteiger partial charge in [0.15, 0.2) is 0 Å². The number of alkyl halides is 3. The summed E-state index contributed by atoms with van der Waals surface area (Å²) >= 11 is 0. The number of nitrogens with one attached hydrogen (secondary N) is 1. The normalized spacial score (nSPS) is 19.9. The van der Waals surface area contributed by atoms with Crippen molar-refractivity contribution < 1.29 is 18.0 Å². The van der Waals surface area contributed by atoms with E-state index in [1.54, 1.807) is 13.8 Å². The van der Waals surface area contributed by atoms with Crippen LogP contribution in [0.3, 0.4) is 0 Å². The van der Waals surface area contributed by atoms with Crippen molar-refractivity contribution in [3.8, 4) is 6.07 Å². The highest BCUT2D eigenvalue weighted by Gasteiger charge is 2.51. The van der Waals surface area contributed by atoms with Crippen molar-refractivity contribution in [2.24, 2.45) is 5.41 Å². The van der Waals surface area contributed by atoms with Gasteiger partial charge in [0.1, 0.15) is 6.04 Å². The van der Waals surface area contributed by atoms with Gasteiger partial charge in [0, 0.05) is 6.54 Å². The van der Waals surface area contributed by atoms with E-state index >= 15 is 0 Å². The molecule has 0 spiro atoms. The summed E-state index contributed by atoms with van der Waals surface area (Å²) in [6, 6.07) is 5.17. The topological polar surface area (TPSA) is 56.1 Å². The van der Waals surface area contributed by atoms with Gasteiger partial charge in [0.2, 0.25) is 5.91 Å². The van der Waals surface area contributed by atoms with Gasteiger partial charge < -0.3 is 0 Å². The van der Waals surface area contributed by atoms with E-state index in [1.165, 1.54) is 24.3 Å². The minimum absolute atomic E-state index is 0.0627. The quantitative estimate of drug-likeness (QED) is 0.912. The second-order valence-electron chi connectivity index (χ2n) is 5.63. The molecular weight excluding hydrogens is 283 g/mol. The standard InChI is InChI=1S/C14H14F3N3O/c1-13(2)8-20(19-12(13)21)11(14(15,16)17)10-5-3-4-9(6-10)7-18/h3-6,11H,8H2,1-2H3,(H,19,21). The number of hydrazine groups is 1. The molecule has 1 aromatic rings. The van der Waals surface area contributed by atoms with Crippen LogP contribution in [-0.4, -0.2) is 23.6 Å². The van der Waals surface area contributed by atoms with Crippen molar-refractivity contribution in [1.82, 2.24) is 10.4 Å². The molecule has 7 heteroatoms. The number of hydrogen-bond acceptors (Lipinski definition) is 3. The lowest BCUT2D eigenvalue weighted by Gasteiger charge is -2.29. The van der Waals surface area contributed by atoms with Gasteiger partial charge in [0.05, 0.1) is 17.0 Å². The molecule has 0 saturated carbocycles. The third-order valence-electron chi connectivity index (χ3n) is 3.38. The average molecular weight is 297 g/mol. The van der Waals surface area contributed by atoms with Gasteiger partial charge in [-0.15, -0.1) is 0 Å². The number of carbonyl (C=O) groups excluding carboxylic acids is 1. The second kappa shape index (κ2) is 5.04. The molecule has 1 fully saturated rings. The minimum atomic E-state index is -4.57. The molecular formula is C14H14F3N3O. The Labute approximate surface area is 120 Å². The lowest BCUT2D eigenvalue weighted by Crippen LogP contribution is -2.43. The van der Waals surface area contributed by atoms with E-state index in [2.05, 4.69) is 5.43 Å². The van der Waals surface area contributed by atoms with Crippen LogP contribution >= 0.6 is 0 Å². The van der Waals surface area contributed by atoms with Crippen LogP contribution in [-0.2, 0) is 4.79 Å². The molecule has 1 atom stereocenters. The predicted molar refractivity (Wildman–Crippen MR) is 68.6 cm³/mol. The minimum Gasteiger partial charge on any atom is -0.287 e. The van der Waals surface area contributed by atoms with Crippen LogP contribution < -0.4 is 5.43 Å². The van der Waals surface area contributed by atoms with Gasteiger partial charge in [-0.3, -0.25) is 10.2 Å². The molecule has 2 rings (SSSR count). The van der Waals surface area contributed by atoms with Crippen LogP contribution in [0.5, 0.6) is 0 Å². The molecule has 4 nitrogen and oxygen atoms in total. The Morgan fingerprint density at radius 3 is 2.57 bits per heavy atom. The molecule has 0 aliphatic carbocycles. The fourth-order valence-electron chi connectivity index (χ4n) is 2.30. The zero-order chi connectivity index (χ0) is 15.8. The maximum atomic E-state index is 13.4. The first-order valence-electron chi connectivity index (χ1n) is 6.29. The van der Waals surface area contributed by atoms with Crippen molar-refractivity contribution in [2.45, 2.75) is 26.1 Å². The average Bonchev–Trinajstić information content (AvgIpc) is 2.62. The van der Waals surface area contributed by atoms with Crippen LogP contribution in [0.25, 0.3) is 0 Å². The highest BCUT2D eigenvalue weighted by molar-refractivity contribution is 5.83. The largest absolute Gasteiger partial charge is 0.409 e. The molecule has 1 saturated heterocycles. The van der Waals surface area contributed by atoms with E-state index in [0.717, 1.165) is 5.01 Å². The van der Waals surface area contributed by atoms with E-state index in [-0.39, 0.29) is 17.7 Å². The second-order valence-corrected chi connectivity index (χ2v) is 5.63. The van der Waals surface area contributed by atoms with Crippen LogP contribution in [0.4, 0.5) is 13.2 Å². The zero-order valence-electron chi connectivity index (χ0n) is 11.5. The summed E-state index contributed by atoms with van der Waals surface area (Å²) in [6.07, 6.45) is -4.57. The summed E-state index contributed by atoms with van der Waals surface area (Å²) in [5, 5.41) is 9.71. The van der Waals surface area contributed by atoms with Crippen molar-refractivity contribution in [3.05, 3.63) is 35.4 Å². The lowest BCUT2D eigenvalue weighted by atomic mass is 9.93. The van der Waals surface area contributed by atoms with Crippen LogP contribution in [0.1, 0.15) is 31.0 Å². The number of rotatable bonds is 2. The number of benzene rings is 1. The van der Waals surface area contributed by atoms with Gasteiger partial charge in [0.25, 0.3) is 0 Å². The lowest BCUT2D eigenvalue weighted by molar-refractivity contribution is -0.191. The zero-order valence-corrected chi connectivity index (χ0v) is 11.5. The van der Waals surface area contributed by atoms with E-state index in [1.807, 2.05) is 6.07 Å². The third kappa shape index (κ3) is 3.00. The van der Waals surface area contributed by atoms with Crippen molar-refractivity contribution in [2.75, 3.05) is 6.54 Å². The summed E-state index contributed by atoms with van der Waals surface area (Å²) in [4.78, 5) is 11.7. The first-order chi connectivity index (χ1) is 9.65. The van der Waals surface area contributed by atoms with E-state index < -0.39 is 23.5 Å². The molecule has 1 amide bonds. The van der Waals surface area contributed by atoms with E-state index in [9.17, 15) is 18.0 Å². The SMILES string of the molecule is CC1(C)CN(C(c2cccc(C#N)c2)C(F)(F)F)NC1=O. The first-order valence-corrected chi connectivity index (χ1v) is 6.29. The Kier molecular flexibility index (Phi) is 3.68. The highest BCUT2D eigenvalue weighted by Crippen LogP contribution is 2.40. The maximum Gasteiger partial charge on any atom is 0.409 e. The molecule has 1 aliphatic heterocycles. The van der Waals surface area contributed by atoms with Crippen molar-refractivity contribution in [3.63, 3.8) is 0 Å².